The van der Waals surface area contributed by atoms with Gasteiger partial charge >= 0.3 is 0 Å². The number of amides is 1. The Balaban J connectivity index is 2.08. The van der Waals surface area contributed by atoms with Crippen molar-refractivity contribution in [2.75, 3.05) is 14.2 Å². The predicted molar refractivity (Wildman–Crippen MR) is 75.3 cm³/mol. The van der Waals surface area contributed by atoms with Gasteiger partial charge in [-0.25, -0.2) is 0 Å². The molecule has 104 valence electrons. The van der Waals surface area contributed by atoms with Gasteiger partial charge in [-0.1, -0.05) is 12.8 Å². The van der Waals surface area contributed by atoms with Crippen LogP contribution < -0.4 is 10.5 Å². The van der Waals surface area contributed by atoms with Gasteiger partial charge in [-0.3, -0.25) is 4.79 Å². The van der Waals surface area contributed by atoms with Crippen molar-refractivity contribution >= 4 is 5.91 Å². The molecule has 19 heavy (non-hydrogen) atoms. The summed E-state index contributed by atoms with van der Waals surface area (Å²) in [5.74, 6) is 0.790. The van der Waals surface area contributed by atoms with Crippen LogP contribution in [0.5, 0.6) is 5.75 Å². The van der Waals surface area contributed by atoms with E-state index in [9.17, 15) is 4.79 Å². The Bertz CT molecular complexity index is 430. The highest BCUT2D eigenvalue weighted by Crippen LogP contribution is 2.22. The zero-order chi connectivity index (χ0) is 13.8. The number of nitrogens with zero attached hydrogens (tertiary/aromatic N) is 1. The van der Waals surface area contributed by atoms with E-state index < -0.39 is 0 Å². The van der Waals surface area contributed by atoms with Crippen LogP contribution in [0.2, 0.25) is 0 Å². The number of hydrogen-bond donors (Lipinski definition) is 1. The Morgan fingerprint density at radius 3 is 2.47 bits per heavy atom. The Kier molecular flexibility index (Phi) is 4.43. The lowest BCUT2D eigenvalue weighted by atomic mass is 9.90. The summed E-state index contributed by atoms with van der Waals surface area (Å²) < 4.78 is 5.10. The lowest BCUT2D eigenvalue weighted by Gasteiger charge is -2.36. The molecule has 2 rings (SSSR count). The van der Waals surface area contributed by atoms with Crippen molar-refractivity contribution < 1.29 is 9.53 Å². The van der Waals surface area contributed by atoms with Crippen LogP contribution >= 0.6 is 0 Å². The maximum Gasteiger partial charge on any atom is 0.253 e. The molecular formula is C15H22N2O2. The average molecular weight is 262 g/mol. The molecule has 2 atom stereocenters. The molecule has 0 spiro atoms. The van der Waals surface area contributed by atoms with Crippen LogP contribution in [0, 0.1) is 0 Å². The largest absolute Gasteiger partial charge is 0.497 e. The second kappa shape index (κ2) is 6.06. The van der Waals surface area contributed by atoms with Gasteiger partial charge in [0.15, 0.2) is 0 Å². The summed E-state index contributed by atoms with van der Waals surface area (Å²) in [6, 6.07) is 7.46. The smallest absolute Gasteiger partial charge is 0.253 e. The number of hydrogen-bond acceptors (Lipinski definition) is 3. The van der Waals surface area contributed by atoms with Crippen molar-refractivity contribution in [1.82, 2.24) is 4.90 Å². The summed E-state index contributed by atoms with van der Waals surface area (Å²) in [6.45, 7) is 0. The number of carbonyl (C=O) groups excluding carboxylic acids is 1. The van der Waals surface area contributed by atoms with Gasteiger partial charge < -0.3 is 15.4 Å². The lowest BCUT2D eigenvalue weighted by Crippen LogP contribution is -2.50. The van der Waals surface area contributed by atoms with Crippen LogP contribution in [0.25, 0.3) is 0 Å². The fourth-order valence-corrected chi connectivity index (χ4v) is 2.71. The Morgan fingerprint density at radius 1 is 1.26 bits per heavy atom. The first kappa shape index (κ1) is 13.9. The topological polar surface area (TPSA) is 55.6 Å². The second-order valence-electron chi connectivity index (χ2n) is 5.16. The van der Waals surface area contributed by atoms with E-state index in [4.69, 9.17) is 10.5 Å². The van der Waals surface area contributed by atoms with Crippen LogP contribution in [0.1, 0.15) is 36.0 Å². The molecule has 2 N–H and O–H groups in total. The maximum absolute atomic E-state index is 12.4. The maximum atomic E-state index is 12.4. The molecule has 0 aromatic heterocycles. The molecule has 1 aromatic carbocycles. The highest BCUT2D eigenvalue weighted by Gasteiger charge is 2.28. The highest BCUT2D eigenvalue weighted by molar-refractivity contribution is 5.94. The van der Waals surface area contributed by atoms with E-state index in [1.807, 2.05) is 19.2 Å². The Morgan fingerprint density at radius 2 is 1.89 bits per heavy atom. The molecule has 0 aliphatic heterocycles. The van der Waals surface area contributed by atoms with Gasteiger partial charge in [-0.05, 0) is 37.1 Å². The second-order valence-corrected chi connectivity index (χ2v) is 5.16. The quantitative estimate of drug-likeness (QED) is 0.907. The molecule has 1 amide bonds. The third-order valence-corrected chi connectivity index (χ3v) is 3.94. The molecule has 4 heteroatoms. The van der Waals surface area contributed by atoms with E-state index in [0.29, 0.717) is 5.56 Å². The standard InChI is InChI=1S/C15H22N2O2/c1-17(14-6-4-3-5-13(14)16)15(18)11-7-9-12(19-2)10-8-11/h7-10,13-14H,3-6,16H2,1-2H3. The summed E-state index contributed by atoms with van der Waals surface area (Å²) in [6.07, 6.45) is 4.32. The number of nitrogens with two attached hydrogens (primary N) is 1. The number of benzene rings is 1. The van der Waals surface area contributed by atoms with Crippen molar-refractivity contribution in [2.24, 2.45) is 5.73 Å². The van der Waals surface area contributed by atoms with Crippen molar-refractivity contribution in [3.63, 3.8) is 0 Å². The first-order valence-corrected chi connectivity index (χ1v) is 6.80. The van der Waals surface area contributed by atoms with E-state index in [1.165, 1.54) is 6.42 Å². The van der Waals surface area contributed by atoms with Crippen molar-refractivity contribution in [1.29, 1.82) is 0 Å². The van der Waals surface area contributed by atoms with Gasteiger partial charge in [0, 0.05) is 24.7 Å². The van der Waals surface area contributed by atoms with Crippen LogP contribution in [0.4, 0.5) is 0 Å². The molecule has 1 aliphatic carbocycles. The van der Waals surface area contributed by atoms with Crippen molar-refractivity contribution in [2.45, 2.75) is 37.8 Å². The normalized spacial score (nSPS) is 22.9. The zero-order valence-corrected chi connectivity index (χ0v) is 11.6. The number of ether oxygens (including phenoxy) is 1. The molecule has 0 radical (unpaired) electrons. The van der Waals surface area contributed by atoms with Gasteiger partial charge in [0.1, 0.15) is 5.75 Å². The minimum Gasteiger partial charge on any atom is -0.497 e. The molecule has 1 aromatic rings. The van der Waals surface area contributed by atoms with Crippen LogP contribution in [0.15, 0.2) is 24.3 Å². The molecule has 2 unspecified atom stereocenters. The average Bonchev–Trinajstić information content (AvgIpc) is 2.46. The fraction of sp³-hybridized carbons (Fsp3) is 0.533. The summed E-state index contributed by atoms with van der Waals surface area (Å²) in [7, 11) is 3.46. The third kappa shape index (κ3) is 3.07. The molecule has 0 heterocycles. The van der Waals surface area contributed by atoms with Gasteiger partial charge in [0.05, 0.1) is 7.11 Å². The van der Waals surface area contributed by atoms with Gasteiger partial charge in [0.25, 0.3) is 5.91 Å². The fourth-order valence-electron chi connectivity index (χ4n) is 2.71. The van der Waals surface area contributed by atoms with Gasteiger partial charge in [-0.15, -0.1) is 0 Å². The van der Waals surface area contributed by atoms with E-state index in [1.54, 1.807) is 24.1 Å². The Hall–Kier alpha value is -1.55. The molecule has 1 aliphatic rings. The first-order chi connectivity index (χ1) is 9.13. The van der Waals surface area contributed by atoms with Crippen LogP contribution in [0.3, 0.4) is 0 Å². The van der Waals surface area contributed by atoms with Crippen molar-refractivity contribution in [3.8, 4) is 5.75 Å². The zero-order valence-electron chi connectivity index (χ0n) is 11.6. The van der Waals surface area contributed by atoms with E-state index in [0.717, 1.165) is 25.0 Å². The van der Waals surface area contributed by atoms with Crippen LogP contribution in [-0.2, 0) is 0 Å². The minimum atomic E-state index is 0.0324. The van der Waals surface area contributed by atoms with E-state index in [2.05, 4.69) is 0 Å². The van der Waals surface area contributed by atoms with Crippen LogP contribution in [-0.4, -0.2) is 37.0 Å². The lowest BCUT2D eigenvalue weighted by molar-refractivity contribution is 0.0672. The molecule has 0 bridgehead atoms. The van der Waals surface area contributed by atoms with Gasteiger partial charge in [-0.2, -0.15) is 0 Å². The Labute approximate surface area is 114 Å². The molecule has 1 fully saturated rings. The third-order valence-electron chi connectivity index (χ3n) is 3.94. The summed E-state index contributed by atoms with van der Waals surface area (Å²) in [5, 5.41) is 0. The van der Waals surface area contributed by atoms with E-state index >= 15 is 0 Å². The minimum absolute atomic E-state index is 0.0324. The van der Waals surface area contributed by atoms with Gasteiger partial charge in [0.2, 0.25) is 0 Å². The predicted octanol–water partition coefficient (Wildman–Crippen LogP) is 2.04. The monoisotopic (exact) mass is 262 g/mol. The molecule has 1 saturated carbocycles. The number of likely N-dealkylation sites (N-methyl/N-ethyl adjacent to an activating group) is 1. The van der Waals surface area contributed by atoms with E-state index in [-0.39, 0.29) is 18.0 Å². The molecule has 4 nitrogen and oxygen atoms in total. The molecule has 0 saturated heterocycles. The molecular weight excluding hydrogens is 240 g/mol. The summed E-state index contributed by atoms with van der Waals surface area (Å²) in [5.41, 5.74) is 6.81. The number of methoxy groups -OCH3 is 1. The first-order valence-electron chi connectivity index (χ1n) is 6.80. The highest BCUT2D eigenvalue weighted by atomic mass is 16.5. The number of carbonyl (C=O) groups is 1. The SMILES string of the molecule is COc1ccc(C(=O)N(C)C2CCCCC2N)cc1. The van der Waals surface area contributed by atoms with Crippen molar-refractivity contribution in [3.05, 3.63) is 29.8 Å². The number of rotatable bonds is 3. The summed E-state index contributed by atoms with van der Waals surface area (Å²) in [4.78, 5) is 14.2. The summed E-state index contributed by atoms with van der Waals surface area (Å²) >= 11 is 0.